The number of carbonyl (C=O) groups excluding carboxylic acids is 3. The van der Waals surface area contributed by atoms with Gasteiger partial charge >= 0.3 is 0 Å². The van der Waals surface area contributed by atoms with Gasteiger partial charge in [-0.25, -0.2) is 0 Å². The van der Waals surface area contributed by atoms with E-state index >= 15 is 0 Å². The summed E-state index contributed by atoms with van der Waals surface area (Å²) in [7, 11) is 0. The molecule has 1 aliphatic heterocycles. The van der Waals surface area contributed by atoms with E-state index in [1.54, 1.807) is 41.1 Å². The number of nitrogens with one attached hydrogen (secondary N) is 1. The summed E-state index contributed by atoms with van der Waals surface area (Å²) in [6.07, 6.45) is 5.02. The van der Waals surface area contributed by atoms with Crippen molar-refractivity contribution >= 4 is 39.8 Å². The van der Waals surface area contributed by atoms with E-state index in [1.807, 2.05) is 25.1 Å². The lowest BCUT2D eigenvalue weighted by molar-refractivity contribution is -0.127. The van der Waals surface area contributed by atoms with Crippen LogP contribution in [0.1, 0.15) is 26.3 Å². The fraction of sp³-hybridized carbons (Fsp3) is 0.208. The second kappa shape index (κ2) is 8.59. The molecule has 8 nitrogen and oxygen atoms in total. The number of H-pyrrole nitrogens is 1. The van der Waals surface area contributed by atoms with Crippen LogP contribution in [-0.4, -0.2) is 68.5 Å². The predicted octanol–water partition coefficient (Wildman–Crippen LogP) is 3.16. The molecule has 0 radical (unpaired) electrons. The summed E-state index contributed by atoms with van der Waals surface area (Å²) >= 11 is 1.46. The molecule has 166 valence electrons. The Balaban J connectivity index is 1.34. The fourth-order valence-corrected chi connectivity index (χ4v) is 4.77. The number of rotatable bonds is 4. The van der Waals surface area contributed by atoms with Gasteiger partial charge in [-0.05, 0) is 24.6 Å². The standard InChI is InChI=1S/C24H21N5O3S/c1-15-11-26-20(18-13-25-14-33-18)21-19(15)17(12-27-21)22(30)24(32)29-9-7-28(8-10-29)23(31)16-5-3-2-4-6-16/h2-6,11-14,27H,7-10H2,1H3. The third-order valence-electron chi connectivity index (χ3n) is 5.88. The molecule has 1 N–H and O–H groups in total. The van der Waals surface area contributed by atoms with Crippen molar-refractivity contribution in [3.8, 4) is 10.6 Å². The van der Waals surface area contributed by atoms with Crippen molar-refractivity contribution in [2.75, 3.05) is 26.2 Å². The Morgan fingerprint density at radius 3 is 2.42 bits per heavy atom. The Kier molecular flexibility index (Phi) is 5.47. The van der Waals surface area contributed by atoms with E-state index in [4.69, 9.17) is 0 Å². The third-order valence-corrected chi connectivity index (χ3v) is 6.66. The molecule has 0 saturated carbocycles. The molecular formula is C24H21N5O3S. The molecule has 4 aromatic rings. The summed E-state index contributed by atoms with van der Waals surface area (Å²) in [4.78, 5) is 54.7. The number of ketones is 1. The van der Waals surface area contributed by atoms with E-state index in [0.29, 0.717) is 53.9 Å². The predicted molar refractivity (Wildman–Crippen MR) is 125 cm³/mol. The zero-order valence-corrected chi connectivity index (χ0v) is 18.8. The highest BCUT2D eigenvalue weighted by atomic mass is 32.1. The van der Waals surface area contributed by atoms with Crippen LogP contribution in [0.3, 0.4) is 0 Å². The summed E-state index contributed by atoms with van der Waals surface area (Å²) in [5, 5.41) is 0.699. The number of thiazole rings is 1. The number of nitrogens with zero attached hydrogens (tertiary/aromatic N) is 4. The largest absolute Gasteiger partial charge is 0.359 e. The summed E-state index contributed by atoms with van der Waals surface area (Å²) in [6.45, 7) is 3.28. The first-order valence-electron chi connectivity index (χ1n) is 10.6. The van der Waals surface area contributed by atoms with Crippen LogP contribution in [0.4, 0.5) is 0 Å². The number of carbonyl (C=O) groups is 3. The molecule has 33 heavy (non-hydrogen) atoms. The lowest BCUT2D eigenvalue weighted by atomic mass is 10.0. The van der Waals surface area contributed by atoms with Crippen LogP contribution in [0, 0.1) is 6.92 Å². The monoisotopic (exact) mass is 459 g/mol. The SMILES string of the molecule is Cc1cnc(-c2cncs2)c2[nH]cc(C(=O)C(=O)N3CCN(C(=O)c4ccccc4)CC3)c12. The van der Waals surface area contributed by atoms with Crippen LogP contribution in [0.2, 0.25) is 0 Å². The van der Waals surface area contributed by atoms with Crippen molar-refractivity contribution in [3.05, 3.63) is 71.1 Å². The van der Waals surface area contributed by atoms with Crippen molar-refractivity contribution in [1.82, 2.24) is 24.8 Å². The van der Waals surface area contributed by atoms with Crippen LogP contribution in [-0.2, 0) is 4.79 Å². The Labute approximate surface area is 193 Å². The molecule has 0 unspecified atom stereocenters. The molecule has 1 saturated heterocycles. The number of aromatic amines is 1. The molecule has 1 aliphatic rings. The topological polar surface area (TPSA) is 99.3 Å². The number of fused-ring (bicyclic) bond motifs is 1. The number of hydrogen-bond donors (Lipinski definition) is 1. The Morgan fingerprint density at radius 2 is 1.73 bits per heavy atom. The van der Waals surface area contributed by atoms with Gasteiger partial charge < -0.3 is 14.8 Å². The highest BCUT2D eigenvalue weighted by molar-refractivity contribution is 7.13. The van der Waals surface area contributed by atoms with Crippen molar-refractivity contribution in [2.45, 2.75) is 6.92 Å². The van der Waals surface area contributed by atoms with Crippen molar-refractivity contribution in [3.63, 3.8) is 0 Å². The second-order valence-electron chi connectivity index (χ2n) is 7.89. The number of hydrogen-bond acceptors (Lipinski definition) is 6. The first-order chi connectivity index (χ1) is 16.0. The van der Waals surface area contributed by atoms with Crippen molar-refractivity contribution < 1.29 is 14.4 Å². The maximum Gasteiger partial charge on any atom is 0.295 e. The van der Waals surface area contributed by atoms with E-state index < -0.39 is 11.7 Å². The molecule has 0 atom stereocenters. The van der Waals surface area contributed by atoms with Crippen LogP contribution < -0.4 is 0 Å². The highest BCUT2D eigenvalue weighted by Gasteiger charge is 2.30. The van der Waals surface area contributed by atoms with Crippen LogP contribution in [0.25, 0.3) is 21.5 Å². The molecule has 9 heteroatoms. The number of aromatic nitrogens is 3. The maximum atomic E-state index is 13.2. The molecule has 1 aromatic carbocycles. The zero-order chi connectivity index (χ0) is 22.9. The smallest absolute Gasteiger partial charge is 0.295 e. The number of benzene rings is 1. The first-order valence-corrected chi connectivity index (χ1v) is 11.5. The molecular weight excluding hydrogens is 438 g/mol. The Bertz CT molecular complexity index is 1340. The van der Waals surface area contributed by atoms with E-state index in [9.17, 15) is 14.4 Å². The van der Waals surface area contributed by atoms with E-state index in [2.05, 4.69) is 15.0 Å². The van der Waals surface area contributed by atoms with Gasteiger partial charge in [-0.15, -0.1) is 11.3 Å². The molecule has 0 aliphatic carbocycles. The van der Waals surface area contributed by atoms with Gasteiger partial charge in [0.15, 0.2) is 0 Å². The first kappa shape index (κ1) is 21.0. The minimum Gasteiger partial charge on any atom is -0.359 e. The van der Waals surface area contributed by atoms with Crippen LogP contribution in [0.5, 0.6) is 0 Å². The second-order valence-corrected chi connectivity index (χ2v) is 8.77. The van der Waals surface area contributed by atoms with Gasteiger partial charge in [0.25, 0.3) is 17.6 Å². The molecule has 0 bridgehead atoms. The summed E-state index contributed by atoms with van der Waals surface area (Å²) in [5.41, 5.74) is 4.92. The number of piperazine rings is 1. The summed E-state index contributed by atoms with van der Waals surface area (Å²) < 4.78 is 0. The molecule has 0 spiro atoms. The van der Waals surface area contributed by atoms with E-state index in [-0.39, 0.29) is 5.91 Å². The number of amides is 2. The van der Waals surface area contributed by atoms with Gasteiger partial charge in [0.05, 0.1) is 21.5 Å². The fourth-order valence-electron chi connectivity index (χ4n) is 4.14. The molecule has 1 fully saturated rings. The summed E-state index contributed by atoms with van der Waals surface area (Å²) in [5.74, 6) is -1.18. The minimum atomic E-state index is -0.561. The van der Waals surface area contributed by atoms with Gasteiger partial charge in [-0.1, -0.05) is 18.2 Å². The molecule has 5 rings (SSSR count). The van der Waals surface area contributed by atoms with Crippen LogP contribution >= 0.6 is 11.3 Å². The van der Waals surface area contributed by atoms with Gasteiger partial charge in [0.2, 0.25) is 0 Å². The third kappa shape index (κ3) is 3.80. The molecule has 2 amide bonds. The average molecular weight is 460 g/mol. The van der Waals surface area contributed by atoms with Gasteiger partial charge in [0.1, 0.15) is 5.69 Å². The Morgan fingerprint density at radius 1 is 1.00 bits per heavy atom. The number of aryl methyl sites for hydroxylation is 1. The van der Waals surface area contributed by atoms with Gasteiger partial charge in [0, 0.05) is 55.7 Å². The number of pyridine rings is 1. The van der Waals surface area contributed by atoms with Crippen molar-refractivity contribution in [1.29, 1.82) is 0 Å². The average Bonchev–Trinajstić information content (AvgIpc) is 3.55. The lowest BCUT2D eigenvalue weighted by Crippen LogP contribution is -2.52. The lowest BCUT2D eigenvalue weighted by Gasteiger charge is -2.34. The van der Waals surface area contributed by atoms with E-state index in [0.717, 1.165) is 10.4 Å². The van der Waals surface area contributed by atoms with Gasteiger partial charge in [-0.3, -0.25) is 24.4 Å². The molecule has 4 heterocycles. The maximum absolute atomic E-state index is 13.2. The minimum absolute atomic E-state index is 0.0654. The zero-order valence-electron chi connectivity index (χ0n) is 17.9. The quantitative estimate of drug-likeness (QED) is 0.373. The normalized spacial score (nSPS) is 14.0. The summed E-state index contributed by atoms with van der Waals surface area (Å²) in [6, 6.07) is 9.06. The van der Waals surface area contributed by atoms with E-state index in [1.165, 1.54) is 16.2 Å². The van der Waals surface area contributed by atoms with Crippen LogP contribution in [0.15, 0.2) is 54.4 Å². The molecule has 3 aromatic heterocycles. The number of Topliss-reactive ketones (excluding diaryl/α,β-unsaturated/α-hetero) is 1. The highest BCUT2D eigenvalue weighted by Crippen LogP contribution is 2.32. The van der Waals surface area contributed by atoms with Crippen molar-refractivity contribution in [2.24, 2.45) is 0 Å². The Hall–Kier alpha value is -3.85. The van der Waals surface area contributed by atoms with Gasteiger partial charge in [-0.2, -0.15) is 0 Å².